The molecule has 5 aromatic rings. The Balaban J connectivity index is 1.29. The molecule has 0 unspecified atom stereocenters. The highest BCUT2D eigenvalue weighted by molar-refractivity contribution is 5.94. The summed E-state index contributed by atoms with van der Waals surface area (Å²) in [5.41, 5.74) is 4.46. The number of alkyl carbamates (subject to hydrolysis) is 2. The van der Waals surface area contributed by atoms with E-state index in [2.05, 4.69) is 28.1 Å². The van der Waals surface area contributed by atoms with Crippen LogP contribution in [0.2, 0.25) is 0 Å². The van der Waals surface area contributed by atoms with Crippen LogP contribution in [-0.2, 0) is 24.6 Å². The van der Waals surface area contributed by atoms with Gasteiger partial charge in [-0.2, -0.15) is 0 Å². The fourth-order valence-electron chi connectivity index (χ4n) is 7.09. The van der Waals surface area contributed by atoms with E-state index in [4.69, 9.17) is 14.2 Å². The molecule has 5 aromatic carbocycles. The molecule has 0 aliphatic heterocycles. The SMILES string of the molecule is CNC(=O)c1ccc(C(OC(=O)[C@H](CCCNC(=O)OC(C)(C)C)NC(=O)OCC2c3ccccc3-c3ccccc32)(c2ccccc2)c2ccccc2)cc1. The van der Waals surface area contributed by atoms with Crippen LogP contribution in [0.25, 0.3) is 11.1 Å². The van der Waals surface area contributed by atoms with Gasteiger partial charge in [-0.15, -0.1) is 0 Å². The third-order valence-corrected chi connectivity index (χ3v) is 9.65. The van der Waals surface area contributed by atoms with Crippen LogP contribution in [0.4, 0.5) is 9.59 Å². The molecular formula is C46H47N3O7. The first kappa shape index (κ1) is 39.3. The number of hydrogen-bond acceptors (Lipinski definition) is 7. The van der Waals surface area contributed by atoms with Gasteiger partial charge in [-0.3, -0.25) is 4.79 Å². The molecule has 3 N–H and O–H groups in total. The summed E-state index contributed by atoms with van der Waals surface area (Å²) in [6.45, 7) is 5.55. The third kappa shape index (κ3) is 8.92. The highest BCUT2D eigenvalue weighted by Crippen LogP contribution is 2.45. The summed E-state index contributed by atoms with van der Waals surface area (Å²) in [6, 6.07) is 40.4. The zero-order valence-corrected chi connectivity index (χ0v) is 32.0. The first-order valence-corrected chi connectivity index (χ1v) is 18.7. The number of benzene rings is 5. The van der Waals surface area contributed by atoms with Crippen LogP contribution in [0.1, 0.15) is 77.7 Å². The lowest BCUT2D eigenvalue weighted by molar-refractivity contribution is -0.156. The van der Waals surface area contributed by atoms with E-state index in [1.807, 2.05) is 97.1 Å². The molecule has 0 spiro atoms. The van der Waals surface area contributed by atoms with E-state index >= 15 is 0 Å². The quantitative estimate of drug-likeness (QED) is 0.0479. The molecule has 0 aromatic heterocycles. The van der Waals surface area contributed by atoms with Gasteiger partial charge in [0.05, 0.1) is 0 Å². The van der Waals surface area contributed by atoms with Gasteiger partial charge in [-0.25, -0.2) is 14.4 Å². The van der Waals surface area contributed by atoms with Gasteiger partial charge in [0.1, 0.15) is 18.2 Å². The highest BCUT2D eigenvalue weighted by Gasteiger charge is 2.42. The topological polar surface area (TPSA) is 132 Å². The fraction of sp³-hybridized carbons (Fsp3) is 0.261. The zero-order valence-electron chi connectivity index (χ0n) is 32.0. The van der Waals surface area contributed by atoms with Crippen molar-refractivity contribution in [3.8, 4) is 11.1 Å². The van der Waals surface area contributed by atoms with Gasteiger partial charge in [0.25, 0.3) is 5.91 Å². The van der Waals surface area contributed by atoms with Gasteiger partial charge in [0.15, 0.2) is 5.60 Å². The molecule has 10 heteroatoms. The number of esters is 1. The molecule has 0 bridgehead atoms. The van der Waals surface area contributed by atoms with E-state index in [0.29, 0.717) is 28.7 Å². The molecule has 1 aliphatic carbocycles. The summed E-state index contributed by atoms with van der Waals surface area (Å²) in [4.78, 5) is 53.2. The van der Waals surface area contributed by atoms with Crippen LogP contribution < -0.4 is 16.0 Å². The van der Waals surface area contributed by atoms with Gasteiger partial charge in [0.2, 0.25) is 0 Å². The van der Waals surface area contributed by atoms with Gasteiger partial charge in [0, 0.05) is 41.8 Å². The van der Waals surface area contributed by atoms with Gasteiger partial charge in [-0.05, 0) is 68.0 Å². The number of rotatable bonds is 13. The molecule has 6 rings (SSSR count). The molecule has 1 atom stereocenters. The normalized spacial score (nSPS) is 12.7. The van der Waals surface area contributed by atoms with Gasteiger partial charge < -0.3 is 30.2 Å². The number of carbonyl (C=O) groups excluding carboxylic acids is 4. The van der Waals surface area contributed by atoms with Crippen LogP contribution in [0, 0.1) is 0 Å². The van der Waals surface area contributed by atoms with Crippen LogP contribution in [0.3, 0.4) is 0 Å². The Morgan fingerprint density at radius 1 is 0.643 bits per heavy atom. The lowest BCUT2D eigenvalue weighted by Gasteiger charge is -2.36. The first-order valence-electron chi connectivity index (χ1n) is 18.7. The number of nitrogens with one attached hydrogen (secondary N) is 3. The van der Waals surface area contributed by atoms with Crippen molar-refractivity contribution in [3.63, 3.8) is 0 Å². The Kier molecular flexibility index (Phi) is 12.2. The third-order valence-electron chi connectivity index (χ3n) is 9.65. The summed E-state index contributed by atoms with van der Waals surface area (Å²) >= 11 is 0. The minimum Gasteiger partial charge on any atom is -0.449 e. The molecule has 0 fully saturated rings. The zero-order chi connectivity index (χ0) is 39.7. The minimum atomic E-state index is -1.49. The summed E-state index contributed by atoms with van der Waals surface area (Å²) in [5.74, 6) is -1.16. The summed E-state index contributed by atoms with van der Waals surface area (Å²) < 4.78 is 17.9. The Bertz CT molecular complexity index is 2060. The lowest BCUT2D eigenvalue weighted by atomic mass is 9.79. The second kappa shape index (κ2) is 17.4. The standard InChI is InChI=1S/C46H47N3O7/c1-45(2,3)56-43(52)48-29-15-24-40(49-44(53)54-30-39-37-22-13-11-20-35(37)36-21-12-14-23-38(36)39)42(51)55-46(32-16-7-5-8-17-32,33-18-9-6-10-19-33)34-27-25-31(26-28-34)41(50)47-4/h5-14,16-23,25-28,39-40H,15,24,29-30H2,1-4H3,(H,47,50)(H,48,52)(H,49,53)/t40-/m0/s1. The van der Waals surface area contributed by atoms with E-state index in [1.54, 1.807) is 52.1 Å². The van der Waals surface area contributed by atoms with Crippen LogP contribution in [0.5, 0.6) is 0 Å². The average molecular weight is 754 g/mol. The van der Waals surface area contributed by atoms with E-state index in [-0.39, 0.29) is 31.4 Å². The molecular weight excluding hydrogens is 707 g/mol. The highest BCUT2D eigenvalue weighted by atomic mass is 16.6. The Labute approximate surface area is 327 Å². The predicted octanol–water partition coefficient (Wildman–Crippen LogP) is 8.09. The molecule has 0 saturated carbocycles. The monoisotopic (exact) mass is 753 g/mol. The summed E-state index contributed by atoms with van der Waals surface area (Å²) in [6.07, 6.45) is -0.969. The second-order valence-electron chi connectivity index (χ2n) is 14.6. The maximum Gasteiger partial charge on any atom is 0.407 e. The molecule has 3 amide bonds. The minimum absolute atomic E-state index is 0.0531. The Morgan fingerprint density at radius 2 is 1.16 bits per heavy atom. The first-order chi connectivity index (χ1) is 27.0. The van der Waals surface area contributed by atoms with Crippen molar-refractivity contribution < 1.29 is 33.4 Å². The number of fused-ring (bicyclic) bond motifs is 3. The van der Waals surface area contributed by atoms with E-state index < -0.39 is 35.4 Å². The second-order valence-corrected chi connectivity index (χ2v) is 14.6. The number of hydrogen-bond donors (Lipinski definition) is 3. The van der Waals surface area contributed by atoms with Crippen LogP contribution in [0.15, 0.2) is 133 Å². The number of carbonyl (C=O) groups is 4. The van der Waals surface area contributed by atoms with Gasteiger partial charge >= 0.3 is 18.2 Å². The van der Waals surface area contributed by atoms with Crippen LogP contribution >= 0.6 is 0 Å². The average Bonchev–Trinajstić information content (AvgIpc) is 3.53. The van der Waals surface area contributed by atoms with Crippen molar-refractivity contribution in [2.75, 3.05) is 20.2 Å². The van der Waals surface area contributed by atoms with E-state index in [9.17, 15) is 19.2 Å². The molecule has 1 aliphatic rings. The molecule has 10 nitrogen and oxygen atoms in total. The number of amides is 3. The Hall–Kier alpha value is -6.42. The van der Waals surface area contributed by atoms with Crippen molar-refractivity contribution in [1.29, 1.82) is 0 Å². The molecule has 288 valence electrons. The smallest absolute Gasteiger partial charge is 0.407 e. The van der Waals surface area contributed by atoms with Crippen molar-refractivity contribution in [2.45, 2.75) is 56.8 Å². The summed E-state index contributed by atoms with van der Waals surface area (Å²) in [7, 11) is 1.56. The van der Waals surface area contributed by atoms with Crippen molar-refractivity contribution >= 4 is 24.1 Å². The number of ether oxygens (including phenoxy) is 3. The van der Waals surface area contributed by atoms with Crippen molar-refractivity contribution in [1.82, 2.24) is 16.0 Å². The van der Waals surface area contributed by atoms with E-state index in [1.165, 1.54) is 0 Å². The lowest BCUT2D eigenvalue weighted by Crippen LogP contribution is -2.47. The molecule has 0 radical (unpaired) electrons. The Morgan fingerprint density at radius 3 is 1.70 bits per heavy atom. The van der Waals surface area contributed by atoms with Crippen molar-refractivity contribution in [2.24, 2.45) is 0 Å². The van der Waals surface area contributed by atoms with E-state index in [0.717, 1.165) is 22.3 Å². The molecule has 56 heavy (non-hydrogen) atoms. The van der Waals surface area contributed by atoms with Crippen LogP contribution in [-0.4, -0.2) is 55.9 Å². The molecule has 0 heterocycles. The fourth-order valence-corrected chi connectivity index (χ4v) is 7.09. The van der Waals surface area contributed by atoms with Gasteiger partial charge in [-0.1, -0.05) is 121 Å². The predicted molar refractivity (Wildman–Crippen MR) is 214 cm³/mol. The summed E-state index contributed by atoms with van der Waals surface area (Å²) in [5, 5.41) is 8.15. The van der Waals surface area contributed by atoms with Crippen molar-refractivity contribution in [3.05, 3.63) is 167 Å². The maximum atomic E-state index is 14.7. The largest absolute Gasteiger partial charge is 0.449 e. The molecule has 0 saturated heterocycles. The maximum absolute atomic E-state index is 14.7.